The third-order valence-electron chi connectivity index (χ3n) is 5.96. The van der Waals surface area contributed by atoms with Crippen LogP contribution in [-0.2, 0) is 19.1 Å². The molecule has 8 nitrogen and oxygen atoms in total. The van der Waals surface area contributed by atoms with Gasteiger partial charge in [-0.2, -0.15) is 0 Å². The van der Waals surface area contributed by atoms with Gasteiger partial charge in [0.05, 0.1) is 13.2 Å². The predicted octanol–water partition coefficient (Wildman–Crippen LogP) is 2.78. The van der Waals surface area contributed by atoms with Crippen molar-refractivity contribution >= 4 is 18.0 Å². The van der Waals surface area contributed by atoms with E-state index in [2.05, 4.69) is 29.6 Å². The number of benzene rings is 2. The SMILES string of the molecule is C/C(=C\CNC(=O)OCC1c2ccccc2-c2ccccc21)C(=O)N1CCOC(C(=O)O)C1. The number of aliphatic carboxylic acids is 1. The highest BCUT2D eigenvalue weighted by Gasteiger charge is 2.30. The molecule has 1 aliphatic carbocycles. The number of carboxylic acids is 1. The van der Waals surface area contributed by atoms with Crippen molar-refractivity contribution < 1.29 is 29.0 Å². The number of carbonyl (C=O) groups excluding carboxylic acids is 2. The minimum Gasteiger partial charge on any atom is -0.479 e. The summed E-state index contributed by atoms with van der Waals surface area (Å²) in [5, 5.41) is 11.7. The Balaban J connectivity index is 1.29. The average Bonchev–Trinajstić information content (AvgIpc) is 3.16. The maximum atomic E-state index is 12.5. The summed E-state index contributed by atoms with van der Waals surface area (Å²) in [5.74, 6) is -1.39. The van der Waals surface area contributed by atoms with Crippen molar-refractivity contribution in [1.82, 2.24) is 10.2 Å². The van der Waals surface area contributed by atoms with Crippen molar-refractivity contribution in [2.24, 2.45) is 0 Å². The van der Waals surface area contributed by atoms with Gasteiger partial charge in [-0.25, -0.2) is 9.59 Å². The van der Waals surface area contributed by atoms with E-state index in [-0.39, 0.29) is 38.1 Å². The lowest BCUT2D eigenvalue weighted by atomic mass is 9.98. The zero-order valence-electron chi connectivity index (χ0n) is 18.3. The molecule has 4 rings (SSSR count). The first-order valence-corrected chi connectivity index (χ1v) is 10.8. The summed E-state index contributed by atoms with van der Waals surface area (Å²) in [5.41, 5.74) is 5.01. The Morgan fingerprint density at radius 3 is 2.39 bits per heavy atom. The van der Waals surface area contributed by atoms with Gasteiger partial charge in [0.25, 0.3) is 0 Å². The van der Waals surface area contributed by atoms with Crippen molar-refractivity contribution in [2.45, 2.75) is 18.9 Å². The van der Waals surface area contributed by atoms with Gasteiger partial charge in [-0.3, -0.25) is 4.79 Å². The van der Waals surface area contributed by atoms with E-state index in [9.17, 15) is 14.4 Å². The largest absolute Gasteiger partial charge is 0.479 e. The van der Waals surface area contributed by atoms with Gasteiger partial charge in [-0.15, -0.1) is 0 Å². The van der Waals surface area contributed by atoms with E-state index in [1.54, 1.807) is 13.0 Å². The van der Waals surface area contributed by atoms with E-state index in [0.717, 1.165) is 22.3 Å². The summed E-state index contributed by atoms with van der Waals surface area (Å²) in [4.78, 5) is 37.3. The molecule has 0 radical (unpaired) electrons. The van der Waals surface area contributed by atoms with Crippen LogP contribution in [0.15, 0.2) is 60.2 Å². The first-order valence-electron chi connectivity index (χ1n) is 10.8. The number of ether oxygens (including phenoxy) is 2. The van der Waals surface area contributed by atoms with Gasteiger partial charge < -0.3 is 24.8 Å². The molecule has 172 valence electrons. The fraction of sp³-hybridized carbons (Fsp3) is 0.320. The molecule has 0 bridgehead atoms. The Morgan fingerprint density at radius 2 is 1.76 bits per heavy atom. The van der Waals surface area contributed by atoms with Crippen LogP contribution >= 0.6 is 0 Å². The number of nitrogens with zero attached hydrogens (tertiary/aromatic N) is 1. The highest BCUT2D eigenvalue weighted by Crippen LogP contribution is 2.44. The van der Waals surface area contributed by atoms with E-state index >= 15 is 0 Å². The highest BCUT2D eigenvalue weighted by molar-refractivity contribution is 5.93. The van der Waals surface area contributed by atoms with Gasteiger partial charge in [-0.1, -0.05) is 54.6 Å². The highest BCUT2D eigenvalue weighted by atomic mass is 16.5. The van der Waals surface area contributed by atoms with Crippen molar-refractivity contribution in [2.75, 3.05) is 32.8 Å². The number of nitrogens with one attached hydrogen (secondary N) is 1. The Morgan fingerprint density at radius 1 is 1.12 bits per heavy atom. The van der Waals surface area contributed by atoms with Gasteiger partial charge in [0.15, 0.2) is 6.10 Å². The first-order chi connectivity index (χ1) is 16.0. The number of carboxylic acid groups (broad SMARTS) is 1. The zero-order valence-corrected chi connectivity index (χ0v) is 18.3. The second-order valence-corrected chi connectivity index (χ2v) is 8.04. The van der Waals surface area contributed by atoms with Gasteiger partial charge in [-0.05, 0) is 29.2 Å². The summed E-state index contributed by atoms with van der Waals surface area (Å²) in [6.07, 6.45) is 0.00905. The van der Waals surface area contributed by atoms with E-state index in [0.29, 0.717) is 12.1 Å². The standard InChI is InChI=1S/C25H26N2O6/c1-16(23(28)27-12-13-32-22(14-27)24(29)30)10-11-26-25(31)33-15-21-19-8-4-2-6-17(19)18-7-3-5-9-20(18)21/h2-10,21-22H,11-15H2,1H3,(H,26,31)(H,29,30)/b16-10+. The summed E-state index contributed by atoms with van der Waals surface area (Å²) in [6.45, 7) is 2.47. The summed E-state index contributed by atoms with van der Waals surface area (Å²) >= 11 is 0. The van der Waals surface area contributed by atoms with Crippen molar-refractivity contribution in [3.8, 4) is 11.1 Å². The van der Waals surface area contributed by atoms with Gasteiger partial charge in [0, 0.05) is 24.6 Å². The molecule has 1 atom stereocenters. The normalized spacial score (nSPS) is 17.8. The van der Waals surface area contributed by atoms with Crippen LogP contribution < -0.4 is 5.32 Å². The number of hydrogen-bond acceptors (Lipinski definition) is 5. The molecule has 1 aliphatic heterocycles. The maximum Gasteiger partial charge on any atom is 0.407 e. The van der Waals surface area contributed by atoms with Crippen LogP contribution in [0.1, 0.15) is 24.0 Å². The molecule has 0 saturated carbocycles. The molecule has 8 heteroatoms. The Kier molecular flexibility index (Phi) is 6.74. The average molecular weight is 450 g/mol. The van der Waals surface area contributed by atoms with E-state index < -0.39 is 18.2 Å². The lowest BCUT2D eigenvalue weighted by Crippen LogP contribution is -2.48. The van der Waals surface area contributed by atoms with E-state index in [1.165, 1.54) is 4.90 Å². The van der Waals surface area contributed by atoms with Gasteiger partial charge in [0.1, 0.15) is 6.61 Å². The zero-order chi connectivity index (χ0) is 23.4. The number of morpholine rings is 1. The first kappa shape index (κ1) is 22.5. The third-order valence-corrected chi connectivity index (χ3v) is 5.96. The van der Waals surface area contributed by atoms with Crippen LogP contribution in [0.5, 0.6) is 0 Å². The Hall–Kier alpha value is -3.65. The minimum atomic E-state index is -1.09. The number of amides is 2. The van der Waals surface area contributed by atoms with Crippen LogP contribution in [0.4, 0.5) is 4.79 Å². The molecule has 1 heterocycles. The molecular weight excluding hydrogens is 424 g/mol. The lowest BCUT2D eigenvalue weighted by molar-refractivity contribution is -0.158. The molecule has 1 unspecified atom stereocenters. The number of hydrogen-bond donors (Lipinski definition) is 2. The second kappa shape index (κ2) is 9.87. The molecule has 2 amide bonds. The summed E-state index contributed by atoms with van der Waals surface area (Å²) < 4.78 is 10.6. The minimum absolute atomic E-state index is 0.000840. The monoisotopic (exact) mass is 450 g/mol. The van der Waals surface area contributed by atoms with Crippen molar-refractivity contribution in [3.05, 3.63) is 71.3 Å². The Labute approximate surface area is 191 Å². The second-order valence-electron chi connectivity index (χ2n) is 8.04. The quantitative estimate of drug-likeness (QED) is 0.656. The number of alkyl carbamates (subject to hydrolysis) is 1. The third kappa shape index (κ3) is 4.90. The fourth-order valence-electron chi connectivity index (χ4n) is 4.26. The summed E-state index contributed by atoms with van der Waals surface area (Å²) in [7, 11) is 0. The van der Waals surface area contributed by atoms with E-state index in [1.807, 2.05) is 24.3 Å². The molecule has 1 fully saturated rings. The van der Waals surface area contributed by atoms with Crippen LogP contribution in [0, 0.1) is 0 Å². The van der Waals surface area contributed by atoms with Crippen LogP contribution in [-0.4, -0.2) is 66.9 Å². The van der Waals surface area contributed by atoms with Crippen molar-refractivity contribution in [3.63, 3.8) is 0 Å². The predicted molar refractivity (Wildman–Crippen MR) is 121 cm³/mol. The molecule has 0 aromatic heterocycles. The Bertz CT molecular complexity index is 1050. The molecule has 2 aromatic rings. The number of carbonyl (C=O) groups is 3. The van der Waals surface area contributed by atoms with Crippen LogP contribution in [0.3, 0.4) is 0 Å². The smallest absolute Gasteiger partial charge is 0.407 e. The number of fused-ring (bicyclic) bond motifs is 3. The summed E-state index contributed by atoms with van der Waals surface area (Å²) in [6, 6.07) is 16.2. The molecule has 2 N–H and O–H groups in total. The van der Waals surface area contributed by atoms with Crippen molar-refractivity contribution in [1.29, 1.82) is 0 Å². The molecule has 2 aromatic carbocycles. The molecule has 0 spiro atoms. The van der Waals surface area contributed by atoms with E-state index in [4.69, 9.17) is 14.6 Å². The van der Waals surface area contributed by atoms with Crippen LogP contribution in [0.25, 0.3) is 11.1 Å². The van der Waals surface area contributed by atoms with Gasteiger partial charge >= 0.3 is 12.1 Å². The molecular formula is C25H26N2O6. The molecule has 2 aliphatic rings. The maximum absolute atomic E-state index is 12.5. The fourth-order valence-corrected chi connectivity index (χ4v) is 4.26. The van der Waals surface area contributed by atoms with Gasteiger partial charge in [0.2, 0.25) is 5.91 Å². The molecule has 33 heavy (non-hydrogen) atoms. The lowest BCUT2D eigenvalue weighted by Gasteiger charge is -2.31. The molecule has 1 saturated heterocycles. The number of rotatable bonds is 6. The van der Waals surface area contributed by atoms with Crippen LogP contribution in [0.2, 0.25) is 0 Å². The topological polar surface area (TPSA) is 105 Å².